The number of nitrogens with zero attached hydrogens (tertiary/aromatic N) is 1. The topological polar surface area (TPSA) is 58.3 Å². The molecule has 2 aliphatic heterocycles. The molecule has 2 amide bonds. The van der Waals surface area contributed by atoms with Gasteiger partial charge in [-0.05, 0) is 12.1 Å². The van der Waals surface area contributed by atoms with Crippen molar-refractivity contribution in [1.82, 2.24) is 10.2 Å². The zero-order chi connectivity index (χ0) is 20.8. The standard InChI is InChI=1S/C24H30N4O2/c29-23(25-22-11-12-27(18-22)17-20-7-3-1-4-8-20)19-26-13-15-28(16-14-26)24(30)21-9-5-2-6-10-21/h1-10,22H,11-19H2,(H,25,29)/p+2/t22-/m0/s1. The maximum atomic E-state index is 12.6. The molecule has 4 rings (SSSR count). The molecular formula is C24H32N4O2+2. The van der Waals surface area contributed by atoms with Crippen molar-refractivity contribution in [2.45, 2.75) is 19.0 Å². The molecule has 0 radical (unpaired) electrons. The lowest BCUT2D eigenvalue weighted by Crippen LogP contribution is -3.16. The van der Waals surface area contributed by atoms with Crippen LogP contribution in [0.15, 0.2) is 60.7 Å². The number of carbonyl (C=O) groups excluding carboxylic acids is 2. The van der Waals surface area contributed by atoms with Crippen LogP contribution in [0, 0.1) is 0 Å². The van der Waals surface area contributed by atoms with Gasteiger partial charge in [0.15, 0.2) is 6.54 Å². The summed E-state index contributed by atoms with van der Waals surface area (Å²) in [6, 6.07) is 20.3. The van der Waals surface area contributed by atoms with Crippen molar-refractivity contribution in [2.75, 3.05) is 45.8 Å². The predicted molar refractivity (Wildman–Crippen MR) is 115 cm³/mol. The van der Waals surface area contributed by atoms with Crippen LogP contribution in [0.4, 0.5) is 0 Å². The molecule has 0 saturated carbocycles. The zero-order valence-corrected chi connectivity index (χ0v) is 17.5. The van der Waals surface area contributed by atoms with Crippen molar-refractivity contribution in [3.63, 3.8) is 0 Å². The Morgan fingerprint density at radius 2 is 1.57 bits per heavy atom. The van der Waals surface area contributed by atoms with Gasteiger partial charge in [-0.3, -0.25) is 9.59 Å². The van der Waals surface area contributed by atoms with Crippen LogP contribution in [-0.2, 0) is 11.3 Å². The predicted octanol–water partition coefficient (Wildman–Crippen LogP) is -0.999. The lowest BCUT2D eigenvalue weighted by Gasteiger charge is -2.32. The molecule has 2 aliphatic rings. The normalized spacial score (nSPS) is 22.1. The Kier molecular flexibility index (Phi) is 6.77. The number of carbonyl (C=O) groups is 2. The lowest BCUT2D eigenvalue weighted by molar-refractivity contribution is -0.902. The monoisotopic (exact) mass is 408 g/mol. The first-order chi connectivity index (χ1) is 14.7. The van der Waals surface area contributed by atoms with Gasteiger partial charge in [0.25, 0.3) is 11.8 Å². The molecule has 6 heteroatoms. The second kappa shape index (κ2) is 9.87. The number of piperazine rings is 1. The van der Waals surface area contributed by atoms with E-state index in [1.165, 1.54) is 15.4 Å². The SMILES string of the molecule is O=C(C[NH+]1CCN(C(=O)c2ccccc2)CC1)N[C@H]1CC[NH+](Cc2ccccc2)C1. The smallest absolute Gasteiger partial charge is 0.275 e. The molecular weight excluding hydrogens is 376 g/mol. The number of nitrogens with one attached hydrogen (secondary N) is 3. The molecule has 0 spiro atoms. The van der Waals surface area contributed by atoms with Crippen molar-refractivity contribution in [2.24, 2.45) is 0 Å². The minimum Gasteiger partial charge on any atom is -0.343 e. The van der Waals surface area contributed by atoms with Crippen LogP contribution in [0.3, 0.4) is 0 Å². The molecule has 158 valence electrons. The van der Waals surface area contributed by atoms with Gasteiger partial charge in [-0.15, -0.1) is 0 Å². The molecule has 3 N–H and O–H groups in total. The Bertz CT molecular complexity index is 835. The molecule has 2 saturated heterocycles. The second-order valence-electron chi connectivity index (χ2n) is 8.50. The molecule has 2 aromatic rings. The summed E-state index contributed by atoms with van der Waals surface area (Å²) >= 11 is 0. The van der Waals surface area contributed by atoms with Gasteiger partial charge in [0.1, 0.15) is 6.54 Å². The van der Waals surface area contributed by atoms with Crippen molar-refractivity contribution in [3.05, 3.63) is 71.8 Å². The lowest BCUT2D eigenvalue weighted by atomic mass is 10.2. The fourth-order valence-corrected chi connectivity index (χ4v) is 4.57. The van der Waals surface area contributed by atoms with Gasteiger partial charge in [-0.25, -0.2) is 0 Å². The van der Waals surface area contributed by atoms with Gasteiger partial charge in [0, 0.05) is 17.5 Å². The molecule has 2 aromatic carbocycles. The van der Waals surface area contributed by atoms with Crippen LogP contribution >= 0.6 is 0 Å². The van der Waals surface area contributed by atoms with Crippen molar-refractivity contribution < 1.29 is 19.4 Å². The number of rotatable bonds is 6. The Hall–Kier alpha value is -2.70. The summed E-state index contributed by atoms with van der Waals surface area (Å²) in [7, 11) is 0. The molecule has 6 nitrogen and oxygen atoms in total. The third kappa shape index (κ3) is 5.46. The van der Waals surface area contributed by atoms with Gasteiger partial charge in [0.05, 0.1) is 45.3 Å². The quantitative estimate of drug-likeness (QED) is 0.575. The molecule has 2 heterocycles. The van der Waals surface area contributed by atoms with Crippen molar-refractivity contribution >= 4 is 11.8 Å². The minimum absolute atomic E-state index is 0.0894. The van der Waals surface area contributed by atoms with Gasteiger partial charge < -0.3 is 20.0 Å². The Morgan fingerprint density at radius 1 is 0.900 bits per heavy atom. The minimum atomic E-state index is 0.0894. The molecule has 2 fully saturated rings. The first-order valence-electron chi connectivity index (χ1n) is 11.0. The zero-order valence-electron chi connectivity index (χ0n) is 17.5. The summed E-state index contributed by atoms with van der Waals surface area (Å²) in [5, 5.41) is 3.24. The average Bonchev–Trinajstić information content (AvgIpc) is 3.21. The van der Waals surface area contributed by atoms with Crippen LogP contribution in [-0.4, -0.2) is 68.6 Å². The Balaban J connectivity index is 1.17. The molecule has 1 unspecified atom stereocenters. The first kappa shape index (κ1) is 20.6. The van der Waals surface area contributed by atoms with Gasteiger partial charge in [-0.1, -0.05) is 48.5 Å². The highest BCUT2D eigenvalue weighted by molar-refractivity contribution is 5.94. The summed E-state index contributed by atoms with van der Waals surface area (Å²) in [6.45, 7) is 6.67. The van der Waals surface area contributed by atoms with Crippen LogP contribution < -0.4 is 15.1 Å². The fourth-order valence-electron chi connectivity index (χ4n) is 4.57. The molecule has 2 atom stereocenters. The number of amides is 2. The van der Waals surface area contributed by atoms with Crippen molar-refractivity contribution in [3.8, 4) is 0 Å². The van der Waals surface area contributed by atoms with E-state index in [0.29, 0.717) is 19.6 Å². The summed E-state index contributed by atoms with van der Waals surface area (Å²) in [6.07, 6.45) is 1.04. The van der Waals surface area contributed by atoms with Crippen molar-refractivity contribution in [1.29, 1.82) is 0 Å². The van der Waals surface area contributed by atoms with E-state index in [-0.39, 0.29) is 17.9 Å². The van der Waals surface area contributed by atoms with E-state index < -0.39 is 0 Å². The number of likely N-dealkylation sites (tertiary alicyclic amines) is 1. The van der Waals surface area contributed by atoms with Crippen LogP contribution in [0.5, 0.6) is 0 Å². The number of benzene rings is 2. The van der Waals surface area contributed by atoms with Crippen LogP contribution in [0.1, 0.15) is 22.3 Å². The first-order valence-corrected chi connectivity index (χ1v) is 11.0. The maximum Gasteiger partial charge on any atom is 0.275 e. The van der Waals surface area contributed by atoms with E-state index in [2.05, 4.69) is 29.6 Å². The van der Waals surface area contributed by atoms with E-state index in [0.717, 1.165) is 44.7 Å². The highest BCUT2D eigenvalue weighted by Crippen LogP contribution is 2.04. The van der Waals surface area contributed by atoms with Gasteiger partial charge in [0.2, 0.25) is 0 Å². The molecule has 0 aliphatic carbocycles. The van der Waals surface area contributed by atoms with E-state index >= 15 is 0 Å². The highest BCUT2D eigenvalue weighted by Gasteiger charge is 2.30. The number of quaternary nitrogens is 2. The maximum absolute atomic E-state index is 12.6. The molecule has 30 heavy (non-hydrogen) atoms. The van der Waals surface area contributed by atoms with Gasteiger partial charge >= 0.3 is 0 Å². The molecule has 0 aromatic heterocycles. The summed E-state index contributed by atoms with van der Waals surface area (Å²) in [5.74, 6) is 0.227. The largest absolute Gasteiger partial charge is 0.343 e. The van der Waals surface area contributed by atoms with Gasteiger partial charge in [-0.2, -0.15) is 0 Å². The summed E-state index contributed by atoms with van der Waals surface area (Å²) in [5.41, 5.74) is 2.09. The van der Waals surface area contributed by atoms with E-state index in [1.54, 1.807) is 0 Å². The summed E-state index contributed by atoms with van der Waals surface area (Å²) < 4.78 is 0. The highest BCUT2D eigenvalue weighted by atomic mass is 16.2. The van der Waals surface area contributed by atoms with Crippen LogP contribution in [0.25, 0.3) is 0 Å². The van der Waals surface area contributed by atoms with Crippen LogP contribution in [0.2, 0.25) is 0 Å². The second-order valence-corrected chi connectivity index (χ2v) is 8.50. The number of hydrogen-bond donors (Lipinski definition) is 3. The third-order valence-corrected chi connectivity index (χ3v) is 6.23. The Labute approximate surface area is 178 Å². The number of hydrogen-bond acceptors (Lipinski definition) is 2. The summed E-state index contributed by atoms with van der Waals surface area (Å²) in [4.78, 5) is 29.8. The Morgan fingerprint density at radius 3 is 2.27 bits per heavy atom. The van der Waals surface area contributed by atoms with E-state index in [9.17, 15) is 9.59 Å². The average molecular weight is 409 g/mol. The molecule has 0 bridgehead atoms. The fraction of sp³-hybridized carbons (Fsp3) is 0.417. The third-order valence-electron chi connectivity index (χ3n) is 6.23. The van der Waals surface area contributed by atoms with E-state index in [4.69, 9.17) is 0 Å². The van der Waals surface area contributed by atoms with E-state index in [1.807, 2.05) is 41.3 Å².